The molecule has 9 heteroatoms. The molecule has 3 fully saturated rings. The van der Waals surface area contributed by atoms with E-state index in [9.17, 15) is 19.2 Å². The first-order chi connectivity index (χ1) is 15.3. The fourth-order valence-corrected chi connectivity index (χ4v) is 4.73. The van der Waals surface area contributed by atoms with Crippen molar-refractivity contribution in [1.82, 2.24) is 19.4 Å². The van der Waals surface area contributed by atoms with Gasteiger partial charge < -0.3 is 10.6 Å². The van der Waals surface area contributed by atoms with Gasteiger partial charge in [0.15, 0.2) is 0 Å². The monoisotopic (exact) mass is 435 g/mol. The van der Waals surface area contributed by atoms with Gasteiger partial charge >= 0.3 is 5.69 Å². The molecule has 3 amide bonds. The van der Waals surface area contributed by atoms with Crippen molar-refractivity contribution in [3.05, 3.63) is 34.2 Å². The highest BCUT2D eigenvalue weighted by atomic mass is 16.2. The number of nitrogens with zero attached hydrogens (tertiary/aromatic N) is 3. The molecule has 0 bridgehead atoms. The molecule has 1 aromatic carbocycles. The number of carbonyl (C=O) groups is 3. The summed E-state index contributed by atoms with van der Waals surface area (Å²) in [4.78, 5) is 50.7. The van der Waals surface area contributed by atoms with Gasteiger partial charge in [0.25, 0.3) is 0 Å². The first kappa shape index (κ1) is 20.5. The predicted molar refractivity (Wildman–Crippen MR) is 116 cm³/mol. The molecule has 1 saturated carbocycles. The largest absolute Gasteiger partial charge is 0.340 e. The lowest BCUT2D eigenvalue weighted by molar-refractivity contribution is -0.144. The highest BCUT2D eigenvalue weighted by Gasteiger charge is 2.39. The molecular formula is C23H25N5O4. The van der Waals surface area contributed by atoms with Crippen molar-refractivity contribution < 1.29 is 14.4 Å². The minimum Gasteiger partial charge on any atom is -0.340 e. The molecule has 32 heavy (non-hydrogen) atoms. The maximum atomic E-state index is 12.8. The van der Waals surface area contributed by atoms with E-state index in [1.165, 1.54) is 9.13 Å². The Morgan fingerprint density at radius 3 is 2.59 bits per heavy atom. The Morgan fingerprint density at radius 2 is 1.91 bits per heavy atom. The van der Waals surface area contributed by atoms with Crippen LogP contribution < -0.4 is 16.7 Å². The Kier molecular flexibility index (Phi) is 4.90. The molecule has 166 valence electrons. The normalized spacial score (nSPS) is 25.6. The van der Waals surface area contributed by atoms with Crippen LogP contribution in [-0.2, 0) is 21.4 Å². The number of imidazole rings is 1. The van der Waals surface area contributed by atoms with E-state index >= 15 is 0 Å². The van der Waals surface area contributed by atoms with E-state index in [0.29, 0.717) is 30.5 Å². The first-order valence-corrected chi connectivity index (χ1v) is 10.9. The standard InChI is InChI=1S/C23H25N5O4/c1-26-19-8-13(2-3-14-11-27(12-14)22(31)15-9-16(24)10-15)4-5-17(19)28(23(26)32)18-6-7-20(29)25-21(18)30/h4-5,8,14-16,18H,6-7,9-12,24H2,1H3,(H,25,29,30). The van der Waals surface area contributed by atoms with Crippen molar-refractivity contribution in [2.24, 2.45) is 24.6 Å². The van der Waals surface area contributed by atoms with Gasteiger partial charge in [0.1, 0.15) is 6.04 Å². The number of fused-ring (bicyclic) bond motifs is 1. The highest BCUT2D eigenvalue weighted by Crippen LogP contribution is 2.30. The van der Waals surface area contributed by atoms with Crippen LogP contribution in [0.4, 0.5) is 0 Å². The van der Waals surface area contributed by atoms with Crippen molar-refractivity contribution in [3.8, 4) is 11.8 Å². The third-order valence-corrected chi connectivity index (χ3v) is 6.75. The number of amides is 3. The lowest BCUT2D eigenvalue weighted by Crippen LogP contribution is -2.55. The van der Waals surface area contributed by atoms with Gasteiger partial charge in [-0.1, -0.05) is 11.8 Å². The number of nitrogens with two attached hydrogens (primary N) is 1. The number of hydrogen-bond donors (Lipinski definition) is 2. The molecule has 1 aromatic heterocycles. The van der Waals surface area contributed by atoms with Gasteiger partial charge in [0.05, 0.1) is 17.0 Å². The van der Waals surface area contributed by atoms with Gasteiger partial charge in [-0.15, -0.1) is 0 Å². The summed E-state index contributed by atoms with van der Waals surface area (Å²) in [6, 6.07) is 4.92. The topological polar surface area (TPSA) is 119 Å². The summed E-state index contributed by atoms with van der Waals surface area (Å²) in [6.45, 7) is 1.29. The Hall–Kier alpha value is -3.38. The molecule has 2 aliphatic heterocycles. The van der Waals surface area contributed by atoms with Gasteiger partial charge in [-0.25, -0.2) is 4.79 Å². The lowest BCUT2D eigenvalue weighted by atomic mass is 9.79. The molecule has 1 atom stereocenters. The number of carbonyl (C=O) groups excluding carboxylic acids is 3. The molecule has 5 rings (SSSR count). The third kappa shape index (κ3) is 3.41. The first-order valence-electron chi connectivity index (χ1n) is 10.9. The molecule has 9 nitrogen and oxygen atoms in total. The van der Waals surface area contributed by atoms with Crippen LogP contribution in [-0.4, -0.2) is 50.9 Å². The molecule has 2 saturated heterocycles. The second-order valence-corrected chi connectivity index (χ2v) is 9.02. The summed E-state index contributed by atoms with van der Waals surface area (Å²) in [7, 11) is 1.66. The number of rotatable bonds is 2. The van der Waals surface area contributed by atoms with E-state index in [2.05, 4.69) is 17.2 Å². The van der Waals surface area contributed by atoms with Crippen LogP contribution in [0.3, 0.4) is 0 Å². The molecule has 3 N–H and O–H groups in total. The molecule has 1 unspecified atom stereocenters. The van der Waals surface area contributed by atoms with Crippen LogP contribution in [0.5, 0.6) is 0 Å². The number of benzene rings is 1. The number of aryl methyl sites for hydroxylation is 1. The highest BCUT2D eigenvalue weighted by molar-refractivity contribution is 6.00. The number of nitrogens with one attached hydrogen (secondary N) is 1. The number of aromatic nitrogens is 2. The van der Waals surface area contributed by atoms with E-state index in [1.807, 2.05) is 17.0 Å². The predicted octanol–water partition coefficient (Wildman–Crippen LogP) is -0.135. The maximum absolute atomic E-state index is 12.8. The number of imide groups is 1. The Bertz CT molecular complexity index is 1250. The number of hydrogen-bond acceptors (Lipinski definition) is 5. The van der Waals surface area contributed by atoms with Crippen molar-refractivity contribution >= 4 is 28.8 Å². The summed E-state index contributed by atoms with van der Waals surface area (Å²) in [6.07, 6.45) is 2.07. The van der Waals surface area contributed by atoms with Crippen LogP contribution in [0, 0.1) is 23.7 Å². The molecule has 3 aliphatic rings. The summed E-state index contributed by atoms with van der Waals surface area (Å²) in [5.74, 6) is 6.02. The zero-order valence-electron chi connectivity index (χ0n) is 17.8. The summed E-state index contributed by atoms with van der Waals surface area (Å²) < 4.78 is 2.95. The average Bonchev–Trinajstić information content (AvgIpc) is 2.95. The zero-order chi connectivity index (χ0) is 22.6. The van der Waals surface area contributed by atoms with Gasteiger partial charge in [-0.2, -0.15) is 0 Å². The minimum absolute atomic E-state index is 0.0796. The lowest BCUT2D eigenvalue weighted by Gasteiger charge is -2.42. The van der Waals surface area contributed by atoms with Gasteiger partial charge in [-0.05, 0) is 37.5 Å². The molecule has 1 aliphatic carbocycles. The van der Waals surface area contributed by atoms with Gasteiger partial charge in [0.2, 0.25) is 17.7 Å². The Labute approximate surface area is 184 Å². The molecule has 0 spiro atoms. The molecular weight excluding hydrogens is 410 g/mol. The molecule has 0 radical (unpaired) electrons. The summed E-state index contributed by atoms with van der Waals surface area (Å²) >= 11 is 0. The van der Waals surface area contributed by atoms with E-state index in [4.69, 9.17) is 5.73 Å². The fourth-order valence-electron chi connectivity index (χ4n) is 4.73. The van der Waals surface area contributed by atoms with Crippen molar-refractivity contribution in [1.29, 1.82) is 0 Å². The number of likely N-dealkylation sites (tertiary alicyclic amines) is 1. The van der Waals surface area contributed by atoms with E-state index in [0.717, 1.165) is 18.4 Å². The average molecular weight is 435 g/mol. The van der Waals surface area contributed by atoms with Crippen molar-refractivity contribution in [2.75, 3.05) is 13.1 Å². The van der Waals surface area contributed by atoms with Crippen molar-refractivity contribution in [2.45, 2.75) is 37.8 Å². The summed E-state index contributed by atoms with van der Waals surface area (Å²) in [5, 5.41) is 2.31. The summed E-state index contributed by atoms with van der Waals surface area (Å²) in [5.41, 5.74) is 7.55. The SMILES string of the molecule is Cn1c(=O)n(C2CCC(=O)NC2=O)c2ccc(C#CC3CN(C(=O)C4CC(N)C4)C3)cc21. The van der Waals surface area contributed by atoms with Crippen LogP contribution in [0.25, 0.3) is 11.0 Å². The third-order valence-electron chi connectivity index (χ3n) is 6.75. The van der Waals surface area contributed by atoms with E-state index in [-0.39, 0.29) is 41.8 Å². The second-order valence-electron chi connectivity index (χ2n) is 9.02. The minimum atomic E-state index is -0.704. The van der Waals surface area contributed by atoms with Crippen molar-refractivity contribution in [3.63, 3.8) is 0 Å². The molecule has 2 aromatic rings. The van der Waals surface area contributed by atoms with E-state index < -0.39 is 11.9 Å². The second kappa shape index (κ2) is 7.64. The maximum Gasteiger partial charge on any atom is 0.329 e. The van der Waals surface area contributed by atoms with Gasteiger partial charge in [0, 0.05) is 44.1 Å². The van der Waals surface area contributed by atoms with E-state index in [1.54, 1.807) is 13.1 Å². The Morgan fingerprint density at radius 1 is 1.16 bits per heavy atom. The quantitative estimate of drug-likeness (QED) is 0.503. The fraction of sp³-hybridized carbons (Fsp3) is 0.478. The Balaban J connectivity index is 1.32. The molecule has 3 heterocycles. The van der Waals surface area contributed by atoms with Gasteiger partial charge in [-0.3, -0.25) is 28.8 Å². The van der Waals surface area contributed by atoms with Crippen LogP contribution in [0.15, 0.2) is 23.0 Å². The zero-order valence-corrected chi connectivity index (χ0v) is 17.8. The van der Waals surface area contributed by atoms with Crippen LogP contribution in [0.2, 0.25) is 0 Å². The smallest absolute Gasteiger partial charge is 0.329 e. The van der Waals surface area contributed by atoms with Crippen LogP contribution in [0.1, 0.15) is 37.3 Å². The number of piperidine rings is 1. The van der Waals surface area contributed by atoms with Crippen LogP contribution >= 0.6 is 0 Å².